The number of rotatable bonds is 4. The SMILES string of the molecule is O=S(Cc1ccccc1)Nc1ncnc2[nH]ccc12. The van der Waals surface area contributed by atoms with Crippen LogP contribution in [0.2, 0.25) is 0 Å². The van der Waals surface area contributed by atoms with E-state index in [1.165, 1.54) is 6.33 Å². The monoisotopic (exact) mass is 272 g/mol. The van der Waals surface area contributed by atoms with E-state index in [0.717, 1.165) is 16.6 Å². The molecule has 2 heterocycles. The number of nitrogens with zero attached hydrogens (tertiary/aromatic N) is 2. The summed E-state index contributed by atoms with van der Waals surface area (Å²) in [6, 6.07) is 11.6. The lowest BCUT2D eigenvalue weighted by molar-refractivity contribution is 0.686. The molecule has 19 heavy (non-hydrogen) atoms. The zero-order valence-corrected chi connectivity index (χ0v) is 10.9. The van der Waals surface area contributed by atoms with E-state index in [-0.39, 0.29) is 0 Å². The fourth-order valence-corrected chi connectivity index (χ4v) is 2.77. The summed E-state index contributed by atoms with van der Waals surface area (Å²) in [6.07, 6.45) is 3.23. The van der Waals surface area contributed by atoms with Crippen LogP contribution >= 0.6 is 0 Å². The van der Waals surface area contributed by atoms with E-state index in [1.807, 2.05) is 36.4 Å². The van der Waals surface area contributed by atoms with Crippen molar-refractivity contribution in [2.75, 3.05) is 4.72 Å². The Labute approximate surface area is 112 Å². The van der Waals surface area contributed by atoms with Gasteiger partial charge in [0.05, 0.1) is 11.1 Å². The van der Waals surface area contributed by atoms with Crippen molar-refractivity contribution in [3.8, 4) is 0 Å². The van der Waals surface area contributed by atoms with Crippen molar-refractivity contribution in [1.82, 2.24) is 15.0 Å². The van der Waals surface area contributed by atoms with Crippen LogP contribution in [-0.4, -0.2) is 19.2 Å². The predicted octanol–water partition coefficient (Wildman–Crippen LogP) is 2.23. The van der Waals surface area contributed by atoms with Crippen LogP contribution in [0.3, 0.4) is 0 Å². The van der Waals surface area contributed by atoms with Gasteiger partial charge < -0.3 is 4.98 Å². The molecule has 6 heteroatoms. The van der Waals surface area contributed by atoms with Crippen molar-refractivity contribution in [3.05, 3.63) is 54.5 Å². The Morgan fingerprint density at radius 2 is 2.00 bits per heavy atom. The second-order valence-corrected chi connectivity index (χ2v) is 5.22. The Kier molecular flexibility index (Phi) is 3.24. The number of hydrogen-bond acceptors (Lipinski definition) is 3. The summed E-state index contributed by atoms with van der Waals surface area (Å²) in [6.45, 7) is 0. The second-order valence-electron chi connectivity index (χ2n) is 4.04. The lowest BCUT2D eigenvalue weighted by atomic mass is 10.2. The molecule has 5 nitrogen and oxygen atoms in total. The minimum atomic E-state index is -1.22. The third-order valence-corrected chi connectivity index (χ3v) is 3.72. The summed E-state index contributed by atoms with van der Waals surface area (Å²) < 4.78 is 15.0. The van der Waals surface area contributed by atoms with Crippen LogP contribution in [-0.2, 0) is 16.7 Å². The van der Waals surface area contributed by atoms with Crippen LogP contribution in [0.4, 0.5) is 5.82 Å². The molecule has 0 radical (unpaired) electrons. The van der Waals surface area contributed by atoms with Gasteiger partial charge in [-0.1, -0.05) is 30.3 Å². The minimum absolute atomic E-state index is 0.441. The van der Waals surface area contributed by atoms with Crippen molar-refractivity contribution in [2.45, 2.75) is 5.75 Å². The number of benzene rings is 1. The summed E-state index contributed by atoms with van der Waals surface area (Å²) in [4.78, 5) is 11.2. The summed E-state index contributed by atoms with van der Waals surface area (Å²) in [5.41, 5.74) is 1.75. The van der Waals surface area contributed by atoms with Gasteiger partial charge in [-0.05, 0) is 11.6 Å². The number of nitrogens with one attached hydrogen (secondary N) is 2. The summed E-state index contributed by atoms with van der Waals surface area (Å²) in [7, 11) is -1.22. The van der Waals surface area contributed by atoms with E-state index in [4.69, 9.17) is 0 Å². The largest absolute Gasteiger partial charge is 0.346 e. The molecule has 0 aliphatic heterocycles. The van der Waals surface area contributed by atoms with E-state index in [9.17, 15) is 4.21 Å². The first-order valence-electron chi connectivity index (χ1n) is 5.80. The molecule has 1 atom stereocenters. The highest BCUT2D eigenvalue weighted by molar-refractivity contribution is 7.85. The van der Waals surface area contributed by atoms with Gasteiger partial charge in [-0.25, -0.2) is 14.2 Å². The summed E-state index contributed by atoms with van der Waals surface area (Å²) >= 11 is 0. The van der Waals surface area contributed by atoms with Crippen LogP contribution < -0.4 is 4.72 Å². The van der Waals surface area contributed by atoms with Crippen LogP contribution in [0.15, 0.2) is 48.9 Å². The number of aromatic nitrogens is 3. The standard InChI is InChI=1S/C13H12N4OS/c18-19(8-10-4-2-1-3-5-10)17-13-11-6-7-14-12(11)15-9-16-13/h1-7,9H,8H2,(H2,14,15,16,17). The van der Waals surface area contributed by atoms with Crippen molar-refractivity contribution >= 4 is 27.8 Å². The molecule has 2 aromatic heterocycles. The molecule has 0 fully saturated rings. The van der Waals surface area contributed by atoms with Crippen molar-refractivity contribution in [3.63, 3.8) is 0 Å². The Morgan fingerprint density at radius 1 is 1.16 bits per heavy atom. The zero-order chi connectivity index (χ0) is 13.1. The molecule has 0 aliphatic carbocycles. The maximum atomic E-state index is 12.1. The molecule has 0 saturated heterocycles. The highest BCUT2D eigenvalue weighted by Gasteiger charge is 2.07. The Morgan fingerprint density at radius 3 is 2.84 bits per heavy atom. The molecular formula is C13H12N4OS. The third-order valence-electron chi connectivity index (χ3n) is 2.71. The maximum absolute atomic E-state index is 12.1. The molecule has 2 N–H and O–H groups in total. The first-order valence-corrected chi connectivity index (χ1v) is 7.12. The quantitative estimate of drug-likeness (QED) is 0.765. The van der Waals surface area contributed by atoms with Gasteiger partial charge >= 0.3 is 0 Å². The van der Waals surface area contributed by atoms with Gasteiger partial charge in [0.25, 0.3) is 0 Å². The van der Waals surface area contributed by atoms with Gasteiger partial charge in [-0.3, -0.25) is 4.72 Å². The van der Waals surface area contributed by atoms with Gasteiger partial charge in [-0.15, -0.1) is 0 Å². The van der Waals surface area contributed by atoms with Gasteiger partial charge in [0.2, 0.25) is 0 Å². The van der Waals surface area contributed by atoms with E-state index in [1.54, 1.807) is 6.20 Å². The number of hydrogen-bond donors (Lipinski definition) is 2. The van der Waals surface area contributed by atoms with Crippen molar-refractivity contribution in [2.24, 2.45) is 0 Å². The number of aromatic amines is 1. The smallest absolute Gasteiger partial charge is 0.150 e. The average Bonchev–Trinajstić information content (AvgIpc) is 2.89. The average molecular weight is 272 g/mol. The molecule has 3 rings (SSSR count). The van der Waals surface area contributed by atoms with Gasteiger partial charge in [-0.2, -0.15) is 0 Å². The molecule has 0 bridgehead atoms. The number of fused-ring (bicyclic) bond motifs is 1. The van der Waals surface area contributed by atoms with Gasteiger partial charge in [0.1, 0.15) is 23.0 Å². The minimum Gasteiger partial charge on any atom is -0.346 e. The Balaban J connectivity index is 1.78. The van der Waals surface area contributed by atoms with E-state index >= 15 is 0 Å². The molecule has 0 spiro atoms. The lowest BCUT2D eigenvalue weighted by Crippen LogP contribution is -2.08. The Bertz CT molecular complexity index is 711. The fraction of sp³-hybridized carbons (Fsp3) is 0.0769. The van der Waals surface area contributed by atoms with Gasteiger partial charge in [0.15, 0.2) is 5.82 Å². The second kappa shape index (κ2) is 5.19. The van der Waals surface area contributed by atoms with Crippen LogP contribution in [0.5, 0.6) is 0 Å². The summed E-state index contributed by atoms with van der Waals surface area (Å²) in [5.74, 6) is 1.03. The Hall–Kier alpha value is -2.21. The first kappa shape index (κ1) is 11.9. The number of anilines is 1. The fourth-order valence-electron chi connectivity index (χ4n) is 1.82. The maximum Gasteiger partial charge on any atom is 0.150 e. The molecule has 1 unspecified atom stereocenters. The molecule has 0 amide bonds. The van der Waals surface area contributed by atoms with Crippen LogP contribution in [0, 0.1) is 0 Å². The molecule has 1 aromatic carbocycles. The predicted molar refractivity (Wildman–Crippen MR) is 75.8 cm³/mol. The first-order chi connectivity index (χ1) is 9.33. The lowest BCUT2D eigenvalue weighted by Gasteiger charge is -2.06. The molecule has 0 saturated carbocycles. The highest BCUT2D eigenvalue weighted by atomic mass is 32.2. The normalized spacial score (nSPS) is 12.4. The van der Waals surface area contributed by atoms with Gasteiger partial charge in [0, 0.05) is 6.20 Å². The van der Waals surface area contributed by atoms with E-state index < -0.39 is 11.0 Å². The molecule has 3 aromatic rings. The van der Waals surface area contributed by atoms with E-state index in [2.05, 4.69) is 19.7 Å². The van der Waals surface area contributed by atoms with E-state index in [0.29, 0.717) is 11.6 Å². The zero-order valence-electron chi connectivity index (χ0n) is 10.0. The topological polar surface area (TPSA) is 70.7 Å². The van der Waals surface area contributed by atoms with Crippen LogP contribution in [0.25, 0.3) is 11.0 Å². The highest BCUT2D eigenvalue weighted by Crippen LogP contribution is 2.18. The van der Waals surface area contributed by atoms with Crippen molar-refractivity contribution in [1.29, 1.82) is 0 Å². The molecule has 0 aliphatic rings. The molecular weight excluding hydrogens is 260 g/mol. The van der Waals surface area contributed by atoms with Crippen LogP contribution in [0.1, 0.15) is 5.56 Å². The number of H-pyrrole nitrogens is 1. The van der Waals surface area contributed by atoms with Crippen molar-refractivity contribution < 1.29 is 4.21 Å². The molecule has 96 valence electrons. The third kappa shape index (κ3) is 2.63. The summed E-state index contributed by atoms with van der Waals surface area (Å²) in [5, 5.41) is 0.837.